The van der Waals surface area contributed by atoms with E-state index in [1.165, 1.54) is 0 Å². The van der Waals surface area contributed by atoms with Gasteiger partial charge in [-0.2, -0.15) is 0 Å². The summed E-state index contributed by atoms with van der Waals surface area (Å²) in [6.07, 6.45) is 7.17. The maximum atomic E-state index is 11.9. The van der Waals surface area contributed by atoms with Crippen LogP contribution in [-0.2, 0) is 14.3 Å². The molecule has 2 N–H and O–H groups in total. The first-order valence-corrected chi connectivity index (χ1v) is 6.30. The van der Waals surface area contributed by atoms with Crippen molar-refractivity contribution in [1.82, 2.24) is 10.6 Å². The molecule has 1 aliphatic rings. The summed E-state index contributed by atoms with van der Waals surface area (Å²) in [6, 6.07) is -0.585. The van der Waals surface area contributed by atoms with Crippen molar-refractivity contribution in [2.75, 3.05) is 19.7 Å². The van der Waals surface area contributed by atoms with Gasteiger partial charge >= 0.3 is 5.97 Å². The fourth-order valence-corrected chi connectivity index (χ4v) is 1.90. The monoisotopic (exact) mass is 252 g/mol. The molecule has 0 radical (unpaired) electrons. The maximum absolute atomic E-state index is 11.9. The van der Waals surface area contributed by atoms with Crippen LogP contribution < -0.4 is 10.6 Å². The van der Waals surface area contributed by atoms with Crippen molar-refractivity contribution in [2.45, 2.75) is 32.2 Å². The van der Waals surface area contributed by atoms with E-state index >= 15 is 0 Å². The van der Waals surface area contributed by atoms with Gasteiger partial charge in [0, 0.05) is 6.54 Å². The summed E-state index contributed by atoms with van der Waals surface area (Å²) in [4.78, 5) is 23.2. The summed E-state index contributed by atoms with van der Waals surface area (Å²) >= 11 is 0. The standard InChI is InChI=1S/C13H20N2O3/c1-3-11(8-12(16)18-4-2)15-13(17)10-6-5-7-14-9-10/h1,10-11,14H,4-9H2,2H3,(H,15,17)/t10-,11-/m1/s1. The largest absolute Gasteiger partial charge is 0.466 e. The molecule has 5 nitrogen and oxygen atoms in total. The number of nitrogens with one attached hydrogen (secondary N) is 2. The van der Waals surface area contributed by atoms with E-state index in [1.54, 1.807) is 6.92 Å². The maximum Gasteiger partial charge on any atom is 0.308 e. The molecule has 1 rings (SSSR count). The minimum atomic E-state index is -0.585. The first-order valence-electron chi connectivity index (χ1n) is 6.30. The molecule has 0 aromatic rings. The zero-order valence-electron chi connectivity index (χ0n) is 10.7. The lowest BCUT2D eigenvalue weighted by molar-refractivity contribution is -0.143. The molecule has 18 heavy (non-hydrogen) atoms. The number of ether oxygens (including phenoxy) is 1. The number of terminal acetylenes is 1. The van der Waals surface area contributed by atoms with Gasteiger partial charge in [0.25, 0.3) is 0 Å². The lowest BCUT2D eigenvalue weighted by Gasteiger charge is -2.23. The van der Waals surface area contributed by atoms with Crippen LogP contribution in [0.3, 0.4) is 0 Å². The molecule has 0 aromatic carbocycles. The van der Waals surface area contributed by atoms with Crippen molar-refractivity contribution < 1.29 is 14.3 Å². The Labute approximate surface area is 108 Å². The van der Waals surface area contributed by atoms with Gasteiger partial charge in [-0.3, -0.25) is 9.59 Å². The number of amides is 1. The number of carbonyl (C=O) groups is 2. The van der Waals surface area contributed by atoms with Crippen molar-refractivity contribution in [3.8, 4) is 12.3 Å². The van der Waals surface area contributed by atoms with Crippen LogP contribution in [-0.4, -0.2) is 37.6 Å². The van der Waals surface area contributed by atoms with Gasteiger partial charge in [-0.25, -0.2) is 0 Å². The van der Waals surface area contributed by atoms with Crippen LogP contribution in [0.15, 0.2) is 0 Å². The average molecular weight is 252 g/mol. The van der Waals surface area contributed by atoms with Gasteiger partial charge < -0.3 is 15.4 Å². The second-order valence-corrected chi connectivity index (χ2v) is 4.28. The van der Waals surface area contributed by atoms with Gasteiger partial charge in [-0.1, -0.05) is 5.92 Å². The Kier molecular flexibility index (Phi) is 6.23. The molecule has 1 amide bonds. The zero-order valence-corrected chi connectivity index (χ0v) is 10.7. The van der Waals surface area contributed by atoms with E-state index in [0.29, 0.717) is 13.2 Å². The molecule has 2 atom stereocenters. The Balaban J connectivity index is 2.39. The molecule has 1 saturated heterocycles. The Hall–Kier alpha value is -1.54. The van der Waals surface area contributed by atoms with Crippen molar-refractivity contribution >= 4 is 11.9 Å². The van der Waals surface area contributed by atoms with Crippen LogP contribution in [0, 0.1) is 18.3 Å². The Morgan fingerprint density at radius 3 is 2.94 bits per heavy atom. The molecule has 0 saturated carbocycles. The third kappa shape index (κ3) is 4.76. The summed E-state index contributed by atoms with van der Waals surface area (Å²) in [7, 11) is 0. The smallest absolute Gasteiger partial charge is 0.308 e. The summed E-state index contributed by atoms with van der Waals surface area (Å²) in [5, 5.41) is 5.87. The van der Waals surface area contributed by atoms with Gasteiger partial charge in [-0.15, -0.1) is 6.42 Å². The van der Waals surface area contributed by atoms with Crippen LogP contribution in [0.5, 0.6) is 0 Å². The highest BCUT2D eigenvalue weighted by atomic mass is 16.5. The highest BCUT2D eigenvalue weighted by molar-refractivity contribution is 5.80. The highest BCUT2D eigenvalue weighted by Crippen LogP contribution is 2.10. The number of hydrogen-bond donors (Lipinski definition) is 2. The molecule has 0 unspecified atom stereocenters. The summed E-state index contributed by atoms with van der Waals surface area (Å²) < 4.78 is 4.80. The predicted octanol–water partition coefficient (Wildman–Crippen LogP) is 0.0572. The molecule has 0 bridgehead atoms. The molecular formula is C13H20N2O3. The Bertz CT molecular complexity index is 330. The SMILES string of the molecule is C#C[C@H](CC(=O)OCC)NC(=O)[C@@H]1CCCNC1. The molecule has 5 heteroatoms. The Morgan fingerprint density at radius 1 is 1.61 bits per heavy atom. The molecule has 0 aliphatic carbocycles. The second kappa shape index (κ2) is 7.72. The fraction of sp³-hybridized carbons (Fsp3) is 0.692. The number of rotatable bonds is 5. The lowest BCUT2D eigenvalue weighted by Crippen LogP contribution is -2.44. The average Bonchev–Trinajstić information content (AvgIpc) is 2.39. The normalized spacial score (nSPS) is 20.6. The number of hydrogen-bond acceptors (Lipinski definition) is 4. The van der Waals surface area contributed by atoms with E-state index in [-0.39, 0.29) is 24.2 Å². The lowest BCUT2D eigenvalue weighted by atomic mass is 9.98. The number of carbonyl (C=O) groups excluding carboxylic acids is 2. The van der Waals surface area contributed by atoms with Crippen LogP contribution >= 0.6 is 0 Å². The minimum absolute atomic E-state index is 0.0240. The summed E-state index contributed by atoms with van der Waals surface area (Å²) in [6.45, 7) is 3.67. The molecule has 1 fully saturated rings. The zero-order chi connectivity index (χ0) is 13.4. The first-order chi connectivity index (χ1) is 8.67. The van der Waals surface area contributed by atoms with Crippen LogP contribution in [0.25, 0.3) is 0 Å². The van der Waals surface area contributed by atoms with Crippen LogP contribution in [0.1, 0.15) is 26.2 Å². The molecule has 100 valence electrons. The summed E-state index contributed by atoms with van der Waals surface area (Å²) in [5.41, 5.74) is 0. The van der Waals surface area contributed by atoms with Crippen molar-refractivity contribution in [1.29, 1.82) is 0 Å². The Morgan fingerprint density at radius 2 is 2.39 bits per heavy atom. The second-order valence-electron chi connectivity index (χ2n) is 4.28. The molecule has 0 spiro atoms. The van der Waals surface area contributed by atoms with E-state index in [1.807, 2.05) is 0 Å². The topological polar surface area (TPSA) is 67.4 Å². The van der Waals surface area contributed by atoms with Crippen LogP contribution in [0.2, 0.25) is 0 Å². The molecule has 1 heterocycles. The number of esters is 1. The predicted molar refractivity (Wildman–Crippen MR) is 67.6 cm³/mol. The van der Waals surface area contributed by atoms with Crippen molar-refractivity contribution in [3.05, 3.63) is 0 Å². The van der Waals surface area contributed by atoms with Crippen molar-refractivity contribution in [3.63, 3.8) is 0 Å². The van der Waals surface area contributed by atoms with Gasteiger partial charge in [0.2, 0.25) is 5.91 Å². The van der Waals surface area contributed by atoms with E-state index in [4.69, 9.17) is 11.2 Å². The van der Waals surface area contributed by atoms with Gasteiger partial charge in [0.15, 0.2) is 0 Å². The van der Waals surface area contributed by atoms with E-state index < -0.39 is 6.04 Å². The van der Waals surface area contributed by atoms with E-state index in [9.17, 15) is 9.59 Å². The van der Waals surface area contributed by atoms with Gasteiger partial charge in [0.1, 0.15) is 6.04 Å². The first kappa shape index (κ1) is 14.5. The molecule has 0 aromatic heterocycles. The quantitative estimate of drug-likeness (QED) is 0.536. The minimum Gasteiger partial charge on any atom is -0.466 e. The van der Waals surface area contributed by atoms with Gasteiger partial charge in [-0.05, 0) is 26.3 Å². The highest BCUT2D eigenvalue weighted by Gasteiger charge is 2.23. The molecule has 1 aliphatic heterocycles. The van der Waals surface area contributed by atoms with Crippen LogP contribution in [0.4, 0.5) is 0 Å². The van der Waals surface area contributed by atoms with E-state index in [2.05, 4.69) is 16.6 Å². The third-order valence-corrected chi connectivity index (χ3v) is 2.86. The fourth-order valence-electron chi connectivity index (χ4n) is 1.90. The summed E-state index contributed by atoms with van der Waals surface area (Å²) in [5.74, 6) is 1.87. The third-order valence-electron chi connectivity index (χ3n) is 2.86. The van der Waals surface area contributed by atoms with Crippen molar-refractivity contribution in [2.24, 2.45) is 5.92 Å². The van der Waals surface area contributed by atoms with Gasteiger partial charge in [0.05, 0.1) is 18.9 Å². The molecular weight excluding hydrogens is 232 g/mol. The van der Waals surface area contributed by atoms with E-state index in [0.717, 1.165) is 19.4 Å². The number of piperidine rings is 1.